The molecule has 1 heterocycles. The Balaban J connectivity index is 1.65. The van der Waals surface area contributed by atoms with Crippen molar-refractivity contribution >= 4 is 29.7 Å². The molecule has 2 aromatic carbocycles. The molecule has 1 aromatic heterocycles. The molecule has 0 atom stereocenters. The van der Waals surface area contributed by atoms with Crippen molar-refractivity contribution in [3.63, 3.8) is 0 Å². The van der Waals surface area contributed by atoms with Crippen LogP contribution in [0.15, 0.2) is 70.2 Å². The van der Waals surface area contributed by atoms with Gasteiger partial charge in [0.25, 0.3) is 0 Å². The average Bonchev–Trinajstić information content (AvgIpc) is 3.18. The standard InChI is InChI=1S/C22H19ClN2O4/c1-2-28-22(27)18-13-16(8-10-19(18)23)20-11-9-17(29-20)14-24-25-21(26)12-15-6-4-3-5-7-15/h3-11,13-14H,2,12H2,1H3,(H,25,26)/b24-14+. The molecule has 0 spiro atoms. The fourth-order valence-corrected chi connectivity index (χ4v) is 2.80. The highest BCUT2D eigenvalue weighted by Gasteiger charge is 2.14. The molecule has 148 valence electrons. The number of furan rings is 1. The topological polar surface area (TPSA) is 80.9 Å². The summed E-state index contributed by atoms with van der Waals surface area (Å²) in [6.07, 6.45) is 1.65. The molecule has 3 aromatic rings. The van der Waals surface area contributed by atoms with Crippen LogP contribution in [0.25, 0.3) is 11.3 Å². The zero-order valence-electron chi connectivity index (χ0n) is 15.7. The number of amides is 1. The highest BCUT2D eigenvalue weighted by atomic mass is 35.5. The van der Waals surface area contributed by atoms with E-state index in [0.717, 1.165) is 5.56 Å². The third-order valence-electron chi connectivity index (χ3n) is 3.96. The number of ether oxygens (including phenoxy) is 1. The molecular formula is C22H19ClN2O4. The Kier molecular flexibility index (Phi) is 6.81. The molecule has 0 aliphatic carbocycles. The lowest BCUT2D eigenvalue weighted by Crippen LogP contribution is -2.19. The molecular weight excluding hydrogens is 392 g/mol. The normalized spacial score (nSPS) is 10.8. The van der Waals surface area contributed by atoms with Crippen LogP contribution < -0.4 is 5.43 Å². The van der Waals surface area contributed by atoms with E-state index in [9.17, 15) is 9.59 Å². The van der Waals surface area contributed by atoms with Gasteiger partial charge in [0, 0.05) is 5.56 Å². The number of carbonyl (C=O) groups is 2. The molecule has 0 fully saturated rings. The lowest BCUT2D eigenvalue weighted by Gasteiger charge is -2.05. The third-order valence-corrected chi connectivity index (χ3v) is 4.29. The second-order valence-electron chi connectivity index (χ2n) is 6.07. The van der Waals surface area contributed by atoms with Gasteiger partial charge in [0.15, 0.2) is 0 Å². The summed E-state index contributed by atoms with van der Waals surface area (Å²) in [5.41, 5.74) is 4.31. The minimum absolute atomic E-state index is 0.226. The zero-order chi connectivity index (χ0) is 20.6. The van der Waals surface area contributed by atoms with Crippen LogP contribution in [0.5, 0.6) is 0 Å². The summed E-state index contributed by atoms with van der Waals surface area (Å²) in [6.45, 7) is 1.99. The van der Waals surface area contributed by atoms with E-state index in [1.54, 1.807) is 37.3 Å². The van der Waals surface area contributed by atoms with E-state index in [2.05, 4.69) is 10.5 Å². The van der Waals surface area contributed by atoms with Gasteiger partial charge >= 0.3 is 5.97 Å². The second kappa shape index (κ2) is 9.71. The summed E-state index contributed by atoms with van der Waals surface area (Å²) in [4.78, 5) is 23.9. The molecule has 29 heavy (non-hydrogen) atoms. The second-order valence-corrected chi connectivity index (χ2v) is 6.48. The number of rotatable bonds is 7. The number of nitrogens with one attached hydrogen (secondary N) is 1. The van der Waals surface area contributed by atoms with Crippen LogP contribution in [0.4, 0.5) is 0 Å². The molecule has 0 aliphatic rings. The van der Waals surface area contributed by atoms with Crippen LogP contribution >= 0.6 is 11.6 Å². The Morgan fingerprint density at radius 3 is 2.69 bits per heavy atom. The number of hydrogen-bond acceptors (Lipinski definition) is 5. The number of hydrazone groups is 1. The summed E-state index contributed by atoms with van der Waals surface area (Å²) >= 11 is 6.08. The number of benzene rings is 2. The van der Waals surface area contributed by atoms with Crippen LogP contribution in [-0.2, 0) is 16.0 Å². The SMILES string of the molecule is CCOC(=O)c1cc(-c2ccc(/C=N/NC(=O)Cc3ccccc3)o2)ccc1Cl. The largest absolute Gasteiger partial charge is 0.462 e. The minimum atomic E-state index is -0.492. The Morgan fingerprint density at radius 1 is 1.14 bits per heavy atom. The fourth-order valence-electron chi connectivity index (χ4n) is 2.61. The molecule has 0 saturated heterocycles. The first-order valence-corrected chi connectivity index (χ1v) is 9.37. The van der Waals surface area contributed by atoms with Crippen molar-refractivity contribution in [2.75, 3.05) is 6.61 Å². The lowest BCUT2D eigenvalue weighted by molar-refractivity contribution is -0.120. The Hall–Kier alpha value is -3.38. The summed E-state index contributed by atoms with van der Waals surface area (Å²) in [7, 11) is 0. The number of hydrogen-bond donors (Lipinski definition) is 1. The molecule has 0 saturated carbocycles. The van der Waals surface area contributed by atoms with Crippen LogP contribution in [0.1, 0.15) is 28.6 Å². The molecule has 1 amide bonds. The maximum Gasteiger partial charge on any atom is 0.339 e. The molecule has 0 aliphatic heterocycles. The maximum absolute atomic E-state index is 12.0. The molecule has 0 bridgehead atoms. The van der Waals surface area contributed by atoms with E-state index >= 15 is 0 Å². The van der Waals surface area contributed by atoms with Crippen LogP contribution in [0.3, 0.4) is 0 Å². The zero-order valence-corrected chi connectivity index (χ0v) is 16.5. The Morgan fingerprint density at radius 2 is 1.93 bits per heavy atom. The van der Waals surface area contributed by atoms with E-state index in [0.29, 0.717) is 22.1 Å². The fraction of sp³-hybridized carbons (Fsp3) is 0.136. The van der Waals surface area contributed by atoms with Crippen molar-refractivity contribution < 1.29 is 18.7 Å². The van der Waals surface area contributed by atoms with E-state index in [1.165, 1.54) is 6.21 Å². The van der Waals surface area contributed by atoms with Crippen LogP contribution in [0, 0.1) is 0 Å². The van der Waals surface area contributed by atoms with Crippen molar-refractivity contribution in [3.05, 3.63) is 82.6 Å². The predicted octanol–water partition coefficient (Wildman–Crippen LogP) is 4.47. The van der Waals surface area contributed by atoms with Crippen molar-refractivity contribution in [2.24, 2.45) is 5.10 Å². The first-order valence-electron chi connectivity index (χ1n) is 8.99. The Labute approximate surface area is 173 Å². The van der Waals surface area contributed by atoms with Gasteiger partial charge in [-0.3, -0.25) is 4.79 Å². The monoisotopic (exact) mass is 410 g/mol. The first kappa shape index (κ1) is 20.4. The highest BCUT2D eigenvalue weighted by molar-refractivity contribution is 6.33. The molecule has 7 heteroatoms. The van der Waals surface area contributed by atoms with Gasteiger partial charge in [0.2, 0.25) is 5.91 Å². The minimum Gasteiger partial charge on any atom is -0.462 e. The van der Waals surface area contributed by atoms with Crippen LogP contribution in [-0.4, -0.2) is 24.7 Å². The van der Waals surface area contributed by atoms with E-state index < -0.39 is 5.97 Å². The predicted molar refractivity (Wildman–Crippen MR) is 111 cm³/mol. The van der Waals surface area contributed by atoms with Gasteiger partial charge in [-0.2, -0.15) is 5.10 Å². The van der Waals surface area contributed by atoms with Crippen molar-refractivity contribution in [1.82, 2.24) is 5.43 Å². The number of halogens is 1. The summed E-state index contributed by atoms with van der Waals surface area (Å²) in [5, 5.41) is 4.22. The molecule has 6 nitrogen and oxygen atoms in total. The van der Waals surface area contributed by atoms with Gasteiger partial charge in [-0.1, -0.05) is 41.9 Å². The van der Waals surface area contributed by atoms with Gasteiger partial charge < -0.3 is 9.15 Å². The van der Waals surface area contributed by atoms with E-state index in [1.807, 2.05) is 30.3 Å². The summed E-state index contributed by atoms with van der Waals surface area (Å²) < 4.78 is 10.7. The molecule has 0 radical (unpaired) electrons. The first-order chi connectivity index (χ1) is 14.1. The maximum atomic E-state index is 12.0. The van der Waals surface area contributed by atoms with Crippen molar-refractivity contribution in [1.29, 1.82) is 0 Å². The van der Waals surface area contributed by atoms with Crippen LogP contribution in [0.2, 0.25) is 5.02 Å². The smallest absolute Gasteiger partial charge is 0.339 e. The molecule has 0 unspecified atom stereocenters. The van der Waals surface area contributed by atoms with E-state index in [4.69, 9.17) is 20.8 Å². The number of nitrogens with zero attached hydrogens (tertiary/aromatic N) is 1. The quantitative estimate of drug-likeness (QED) is 0.354. The number of esters is 1. The summed E-state index contributed by atoms with van der Waals surface area (Å²) in [5.74, 6) is 0.266. The van der Waals surface area contributed by atoms with E-state index in [-0.39, 0.29) is 24.5 Å². The average molecular weight is 411 g/mol. The van der Waals surface area contributed by atoms with Crippen molar-refractivity contribution in [2.45, 2.75) is 13.3 Å². The number of carbonyl (C=O) groups excluding carboxylic acids is 2. The van der Waals surface area contributed by atoms with Gasteiger partial charge in [-0.15, -0.1) is 0 Å². The highest BCUT2D eigenvalue weighted by Crippen LogP contribution is 2.27. The summed E-state index contributed by atoms with van der Waals surface area (Å²) in [6, 6.07) is 17.8. The molecule has 1 N–H and O–H groups in total. The van der Waals surface area contributed by atoms with Gasteiger partial charge in [-0.25, -0.2) is 10.2 Å². The van der Waals surface area contributed by atoms with Gasteiger partial charge in [-0.05, 0) is 42.8 Å². The third kappa shape index (κ3) is 5.56. The molecule has 3 rings (SSSR count). The lowest BCUT2D eigenvalue weighted by atomic mass is 10.1. The van der Waals surface area contributed by atoms with Crippen molar-refractivity contribution in [3.8, 4) is 11.3 Å². The van der Waals surface area contributed by atoms with Gasteiger partial charge in [0.05, 0.1) is 29.8 Å². The van der Waals surface area contributed by atoms with Gasteiger partial charge in [0.1, 0.15) is 11.5 Å². The Bertz CT molecular complexity index is 1030.